The van der Waals surface area contributed by atoms with Crippen molar-refractivity contribution in [1.82, 2.24) is 0 Å². The molecule has 1 unspecified atom stereocenters. The van der Waals surface area contributed by atoms with Crippen molar-refractivity contribution < 1.29 is 18.2 Å². The van der Waals surface area contributed by atoms with Gasteiger partial charge in [-0.05, 0) is 39.0 Å². The number of allylic oxidation sites excluding steroid dienone is 2. The molecule has 2 rings (SSSR count). The number of ether oxygens (including phenoxy) is 1. The molecule has 1 atom stereocenters. The number of nitrogens with one attached hydrogen (secondary N) is 1. The number of hydroxylamine groups is 3. The molecule has 1 N–H and O–H groups in total. The van der Waals surface area contributed by atoms with Gasteiger partial charge in [-0.1, -0.05) is 0 Å². The normalized spacial score (nSPS) is 22.0. The third-order valence-corrected chi connectivity index (χ3v) is 3.68. The standard InChI is InChI=1S/C16H20F2N2O2/c1-16(2,3)20(21)10-14(22-4)5-6-15(20)19-13-8-11(17)7-12(18)9-13/h5-9,19H,10H2,1-4H3. The number of quaternary nitrogens is 1. The summed E-state index contributed by atoms with van der Waals surface area (Å²) in [5.41, 5.74) is -0.483. The van der Waals surface area contributed by atoms with Gasteiger partial charge in [-0.25, -0.2) is 8.78 Å². The summed E-state index contributed by atoms with van der Waals surface area (Å²) in [6.07, 6.45) is 3.27. The van der Waals surface area contributed by atoms with Gasteiger partial charge < -0.3 is 19.9 Å². The fourth-order valence-corrected chi connectivity index (χ4v) is 2.29. The number of halogens is 2. The van der Waals surface area contributed by atoms with Gasteiger partial charge in [-0.2, -0.15) is 0 Å². The van der Waals surface area contributed by atoms with Gasteiger partial charge in [0.05, 0.1) is 12.6 Å². The van der Waals surface area contributed by atoms with E-state index in [1.165, 1.54) is 7.11 Å². The first-order valence-electron chi connectivity index (χ1n) is 6.93. The van der Waals surface area contributed by atoms with Crippen LogP contribution in [-0.2, 0) is 4.74 Å². The van der Waals surface area contributed by atoms with Crippen LogP contribution < -0.4 is 5.32 Å². The average molecular weight is 310 g/mol. The summed E-state index contributed by atoms with van der Waals surface area (Å²) >= 11 is 0. The van der Waals surface area contributed by atoms with E-state index >= 15 is 0 Å². The predicted molar refractivity (Wildman–Crippen MR) is 81.4 cm³/mol. The lowest BCUT2D eigenvalue weighted by molar-refractivity contribution is -0.887. The maximum absolute atomic E-state index is 13.3. The Labute approximate surface area is 128 Å². The molecule has 1 aliphatic rings. The van der Waals surface area contributed by atoms with Crippen molar-refractivity contribution in [3.8, 4) is 0 Å². The number of rotatable bonds is 3. The van der Waals surface area contributed by atoms with Gasteiger partial charge in [0.1, 0.15) is 18.2 Å². The molecule has 120 valence electrons. The van der Waals surface area contributed by atoms with Crippen molar-refractivity contribution in [3.63, 3.8) is 0 Å². The monoisotopic (exact) mass is 310 g/mol. The van der Waals surface area contributed by atoms with E-state index in [-0.39, 0.29) is 12.2 Å². The molecule has 1 heterocycles. The van der Waals surface area contributed by atoms with Gasteiger partial charge in [0.2, 0.25) is 5.82 Å². The molecular weight excluding hydrogens is 290 g/mol. The Kier molecular flexibility index (Phi) is 4.26. The number of methoxy groups -OCH3 is 1. The van der Waals surface area contributed by atoms with Crippen molar-refractivity contribution in [2.24, 2.45) is 0 Å². The van der Waals surface area contributed by atoms with Crippen molar-refractivity contribution >= 4 is 5.69 Å². The predicted octanol–water partition coefficient (Wildman–Crippen LogP) is 3.88. The lowest BCUT2D eigenvalue weighted by atomic mass is 10.0. The van der Waals surface area contributed by atoms with E-state index in [0.717, 1.165) is 18.2 Å². The zero-order valence-corrected chi connectivity index (χ0v) is 13.1. The zero-order chi connectivity index (χ0) is 16.5. The summed E-state index contributed by atoms with van der Waals surface area (Å²) in [5, 5.41) is 16.2. The Morgan fingerprint density at radius 2 is 1.73 bits per heavy atom. The third-order valence-electron chi connectivity index (χ3n) is 3.68. The van der Waals surface area contributed by atoms with E-state index in [1.807, 2.05) is 0 Å². The SMILES string of the molecule is COC1=CC=C(Nc2cc(F)cc(F)c2)[N+]([O-])(C(C)(C)C)C1. The third kappa shape index (κ3) is 3.13. The molecule has 0 fully saturated rings. The van der Waals surface area contributed by atoms with Gasteiger partial charge in [0, 0.05) is 17.8 Å². The highest BCUT2D eigenvalue weighted by Crippen LogP contribution is 2.34. The second-order valence-corrected chi connectivity index (χ2v) is 6.24. The minimum atomic E-state index is -0.717. The molecule has 1 aliphatic heterocycles. The zero-order valence-electron chi connectivity index (χ0n) is 13.1. The Morgan fingerprint density at radius 1 is 1.14 bits per heavy atom. The molecule has 6 heteroatoms. The van der Waals surface area contributed by atoms with E-state index in [2.05, 4.69) is 5.32 Å². The van der Waals surface area contributed by atoms with Crippen LogP contribution in [0.3, 0.4) is 0 Å². The molecule has 0 amide bonds. The topological polar surface area (TPSA) is 44.3 Å². The smallest absolute Gasteiger partial charge is 0.206 e. The van der Waals surface area contributed by atoms with Crippen LogP contribution in [0.2, 0.25) is 0 Å². The van der Waals surface area contributed by atoms with Gasteiger partial charge in [-0.15, -0.1) is 0 Å². The van der Waals surface area contributed by atoms with Crippen LogP contribution in [0.25, 0.3) is 0 Å². The number of anilines is 1. The lowest BCUT2D eigenvalue weighted by Gasteiger charge is -2.53. The fourth-order valence-electron chi connectivity index (χ4n) is 2.29. The summed E-state index contributed by atoms with van der Waals surface area (Å²) < 4.78 is 31.1. The highest BCUT2D eigenvalue weighted by atomic mass is 19.1. The number of hydrogen-bond donors (Lipinski definition) is 1. The van der Waals surface area contributed by atoms with Crippen LogP contribution in [0.1, 0.15) is 20.8 Å². The molecule has 22 heavy (non-hydrogen) atoms. The van der Waals surface area contributed by atoms with Crippen LogP contribution in [0.5, 0.6) is 0 Å². The van der Waals surface area contributed by atoms with Crippen molar-refractivity contribution in [3.05, 3.63) is 58.8 Å². The van der Waals surface area contributed by atoms with Crippen LogP contribution in [0.4, 0.5) is 14.5 Å². The van der Waals surface area contributed by atoms with Gasteiger partial charge in [0.25, 0.3) is 0 Å². The summed E-state index contributed by atoms with van der Waals surface area (Å²) in [6, 6.07) is 3.07. The maximum atomic E-state index is 13.3. The van der Waals surface area contributed by atoms with E-state index in [4.69, 9.17) is 4.74 Å². The Hall–Kier alpha value is -1.92. The van der Waals surface area contributed by atoms with Gasteiger partial charge in [0.15, 0.2) is 5.76 Å². The average Bonchev–Trinajstić information content (AvgIpc) is 2.38. The first-order chi connectivity index (χ1) is 10.2. The first kappa shape index (κ1) is 16.5. The minimum Gasteiger partial charge on any atom is -0.626 e. The second kappa shape index (κ2) is 5.70. The minimum absolute atomic E-state index is 0.108. The number of nitrogens with zero attached hydrogens (tertiary/aromatic N) is 1. The highest BCUT2D eigenvalue weighted by Gasteiger charge is 2.39. The van der Waals surface area contributed by atoms with Crippen LogP contribution in [-0.4, -0.2) is 23.8 Å². The molecule has 0 saturated heterocycles. The molecule has 4 nitrogen and oxygen atoms in total. The molecule has 1 aromatic carbocycles. The van der Waals surface area contributed by atoms with E-state index in [0.29, 0.717) is 11.6 Å². The molecule has 0 aliphatic carbocycles. The van der Waals surface area contributed by atoms with E-state index in [1.54, 1.807) is 32.9 Å². The van der Waals surface area contributed by atoms with E-state index < -0.39 is 21.8 Å². The van der Waals surface area contributed by atoms with Crippen LogP contribution >= 0.6 is 0 Å². The Balaban J connectivity index is 2.41. The molecule has 0 saturated carbocycles. The van der Waals surface area contributed by atoms with Crippen molar-refractivity contribution in [1.29, 1.82) is 0 Å². The summed E-state index contributed by atoms with van der Waals surface area (Å²) in [4.78, 5) is 0. The maximum Gasteiger partial charge on any atom is 0.206 e. The van der Waals surface area contributed by atoms with E-state index in [9.17, 15) is 14.0 Å². The van der Waals surface area contributed by atoms with Crippen LogP contribution in [0, 0.1) is 16.8 Å². The summed E-state index contributed by atoms with van der Waals surface area (Å²) in [7, 11) is 1.51. The molecule has 0 bridgehead atoms. The van der Waals surface area contributed by atoms with Gasteiger partial charge >= 0.3 is 0 Å². The number of hydrogen-bond acceptors (Lipinski definition) is 3. The summed E-state index contributed by atoms with van der Waals surface area (Å²) in [6.45, 7) is 5.53. The Morgan fingerprint density at radius 3 is 2.23 bits per heavy atom. The number of benzene rings is 1. The Bertz CT molecular complexity index is 615. The fraction of sp³-hybridized carbons (Fsp3) is 0.375. The second-order valence-electron chi connectivity index (χ2n) is 6.24. The quantitative estimate of drug-likeness (QED) is 0.681. The van der Waals surface area contributed by atoms with Crippen molar-refractivity contribution in [2.75, 3.05) is 19.0 Å². The molecule has 0 radical (unpaired) electrons. The largest absolute Gasteiger partial charge is 0.626 e. The first-order valence-corrected chi connectivity index (χ1v) is 6.93. The molecule has 0 aromatic heterocycles. The molecule has 0 spiro atoms. The highest BCUT2D eigenvalue weighted by molar-refractivity contribution is 5.48. The lowest BCUT2D eigenvalue weighted by Crippen LogP contribution is -2.58. The summed E-state index contributed by atoms with van der Waals surface area (Å²) in [5.74, 6) is -0.544. The van der Waals surface area contributed by atoms with Crippen molar-refractivity contribution in [2.45, 2.75) is 26.3 Å². The molecular formula is C16H20F2N2O2. The van der Waals surface area contributed by atoms with Gasteiger partial charge in [-0.3, -0.25) is 0 Å². The van der Waals surface area contributed by atoms with Crippen LogP contribution in [0.15, 0.2) is 41.9 Å². The molecule has 1 aromatic rings.